The van der Waals surface area contributed by atoms with Crippen molar-refractivity contribution in [3.8, 4) is 0 Å². The zero-order valence-corrected chi connectivity index (χ0v) is 7.34. The average molecular weight is 157 g/mol. The summed E-state index contributed by atoms with van der Waals surface area (Å²) in [6.45, 7) is 2.44. The topological polar surface area (TPSA) is 46.2 Å². The monoisotopic (exact) mass is 157 g/mol. The van der Waals surface area contributed by atoms with Gasteiger partial charge < -0.3 is 10.8 Å². The van der Waals surface area contributed by atoms with Crippen molar-refractivity contribution in [1.29, 1.82) is 0 Å². The molecule has 1 unspecified atom stereocenters. The standard InChI is InChI=1S/C9H19NO/c1-2-9(5-3-6-9)8(10)4-7-11/h8,11H,2-7,10H2,1H3. The summed E-state index contributed by atoms with van der Waals surface area (Å²) < 4.78 is 0. The molecular formula is C9H19NO. The van der Waals surface area contributed by atoms with E-state index in [2.05, 4.69) is 6.92 Å². The minimum atomic E-state index is 0.228. The van der Waals surface area contributed by atoms with E-state index >= 15 is 0 Å². The molecule has 0 aromatic carbocycles. The lowest BCUT2D eigenvalue weighted by Gasteiger charge is -2.46. The minimum absolute atomic E-state index is 0.228. The van der Waals surface area contributed by atoms with E-state index in [0.29, 0.717) is 5.41 Å². The fraction of sp³-hybridized carbons (Fsp3) is 1.00. The molecule has 1 aliphatic rings. The number of aliphatic hydroxyl groups excluding tert-OH is 1. The van der Waals surface area contributed by atoms with Crippen LogP contribution in [0.1, 0.15) is 39.0 Å². The van der Waals surface area contributed by atoms with Crippen LogP contribution in [-0.2, 0) is 0 Å². The Balaban J connectivity index is 2.40. The van der Waals surface area contributed by atoms with Crippen molar-refractivity contribution in [2.24, 2.45) is 11.1 Å². The Bertz CT molecular complexity index is 115. The maximum atomic E-state index is 8.74. The summed E-state index contributed by atoms with van der Waals surface area (Å²) in [5.41, 5.74) is 6.37. The Kier molecular flexibility index (Phi) is 2.90. The van der Waals surface area contributed by atoms with E-state index in [1.807, 2.05) is 0 Å². The van der Waals surface area contributed by atoms with E-state index in [0.717, 1.165) is 6.42 Å². The van der Waals surface area contributed by atoms with Gasteiger partial charge in [-0.3, -0.25) is 0 Å². The summed E-state index contributed by atoms with van der Waals surface area (Å²) in [7, 11) is 0. The molecule has 0 amide bonds. The maximum absolute atomic E-state index is 8.74. The van der Waals surface area contributed by atoms with Gasteiger partial charge in [0.05, 0.1) is 0 Å². The Labute approximate surface area is 68.8 Å². The highest BCUT2D eigenvalue weighted by atomic mass is 16.3. The second kappa shape index (κ2) is 3.55. The van der Waals surface area contributed by atoms with Crippen molar-refractivity contribution in [2.45, 2.75) is 45.1 Å². The first kappa shape index (κ1) is 9.01. The lowest BCUT2D eigenvalue weighted by Crippen LogP contribution is -2.46. The van der Waals surface area contributed by atoms with E-state index in [-0.39, 0.29) is 12.6 Å². The van der Waals surface area contributed by atoms with Crippen LogP contribution in [0.3, 0.4) is 0 Å². The lowest BCUT2D eigenvalue weighted by molar-refractivity contribution is 0.0739. The zero-order chi connectivity index (χ0) is 8.32. The zero-order valence-electron chi connectivity index (χ0n) is 7.34. The van der Waals surface area contributed by atoms with Gasteiger partial charge in [0, 0.05) is 12.6 Å². The van der Waals surface area contributed by atoms with E-state index in [9.17, 15) is 0 Å². The van der Waals surface area contributed by atoms with Gasteiger partial charge in [0.15, 0.2) is 0 Å². The molecule has 1 fully saturated rings. The molecule has 3 N–H and O–H groups in total. The summed E-state index contributed by atoms with van der Waals surface area (Å²) in [5.74, 6) is 0. The third-order valence-electron chi connectivity index (χ3n) is 3.28. The first-order valence-electron chi connectivity index (χ1n) is 4.61. The number of hydrogen-bond donors (Lipinski definition) is 2. The third kappa shape index (κ3) is 1.57. The van der Waals surface area contributed by atoms with Gasteiger partial charge in [-0.1, -0.05) is 13.3 Å². The largest absolute Gasteiger partial charge is 0.396 e. The Morgan fingerprint density at radius 2 is 2.18 bits per heavy atom. The quantitative estimate of drug-likeness (QED) is 0.645. The molecule has 1 atom stereocenters. The molecule has 0 aliphatic heterocycles. The summed E-state index contributed by atoms with van der Waals surface area (Å²) in [4.78, 5) is 0. The molecule has 0 aromatic heterocycles. The second-order valence-corrected chi connectivity index (χ2v) is 3.69. The summed E-state index contributed by atoms with van der Waals surface area (Å²) >= 11 is 0. The van der Waals surface area contributed by atoms with Gasteiger partial charge in [0.1, 0.15) is 0 Å². The van der Waals surface area contributed by atoms with Crippen LogP contribution in [0, 0.1) is 5.41 Å². The average Bonchev–Trinajstić information content (AvgIpc) is 1.87. The molecule has 0 heterocycles. The Morgan fingerprint density at radius 3 is 2.45 bits per heavy atom. The van der Waals surface area contributed by atoms with Crippen LogP contribution in [0.5, 0.6) is 0 Å². The van der Waals surface area contributed by atoms with E-state index < -0.39 is 0 Å². The fourth-order valence-corrected chi connectivity index (χ4v) is 2.06. The van der Waals surface area contributed by atoms with Crippen molar-refractivity contribution in [2.75, 3.05) is 6.61 Å². The molecule has 0 aromatic rings. The van der Waals surface area contributed by atoms with Crippen LogP contribution >= 0.6 is 0 Å². The molecule has 66 valence electrons. The van der Waals surface area contributed by atoms with Gasteiger partial charge in [0.2, 0.25) is 0 Å². The van der Waals surface area contributed by atoms with Gasteiger partial charge in [-0.15, -0.1) is 0 Å². The molecule has 1 rings (SSSR count). The molecule has 2 nitrogen and oxygen atoms in total. The highest BCUT2D eigenvalue weighted by Crippen LogP contribution is 2.46. The molecule has 0 spiro atoms. The molecule has 0 radical (unpaired) electrons. The van der Waals surface area contributed by atoms with Crippen molar-refractivity contribution >= 4 is 0 Å². The van der Waals surface area contributed by atoms with Crippen LogP contribution in [-0.4, -0.2) is 17.8 Å². The molecule has 0 bridgehead atoms. The fourth-order valence-electron chi connectivity index (χ4n) is 2.06. The normalized spacial score (nSPS) is 24.3. The first-order valence-corrected chi connectivity index (χ1v) is 4.61. The summed E-state index contributed by atoms with van der Waals surface area (Å²) in [6.07, 6.45) is 5.81. The van der Waals surface area contributed by atoms with E-state index in [4.69, 9.17) is 10.8 Å². The predicted molar refractivity (Wildman–Crippen MR) is 46.3 cm³/mol. The predicted octanol–water partition coefficient (Wildman–Crippen LogP) is 1.28. The third-order valence-corrected chi connectivity index (χ3v) is 3.28. The Hall–Kier alpha value is -0.0800. The first-order chi connectivity index (χ1) is 5.25. The van der Waals surface area contributed by atoms with Crippen LogP contribution in [0.15, 0.2) is 0 Å². The maximum Gasteiger partial charge on any atom is 0.0445 e. The molecule has 2 heteroatoms. The SMILES string of the molecule is CCC1(C(N)CCO)CCC1. The van der Waals surface area contributed by atoms with Crippen molar-refractivity contribution in [3.63, 3.8) is 0 Å². The van der Waals surface area contributed by atoms with Gasteiger partial charge in [-0.05, 0) is 31.1 Å². The number of nitrogens with two attached hydrogens (primary N) is 1. The highest BCUT2D eigenvalue weighted by Gasteiger charge is 2.39. The van der Waals surface area contributed by atoms with Gasteiger partial charge in [-0.25, -0.2) is 0 Å². The van der Waals surface area contributed by atoms with Crippen molar-refractivity contribution < 1.29 is 5.11 Å². The molecule has 1 saturated carbocycles. The second-order valence-electron chi connectivity index (χ2n) is 3.69. The highest BCUT2D eigenvalue weighted by molar-refractivity contribution is 4.94. The van der Waals surface area contributed by atoms with Crippen LogP contribution in [0.4, 0.5) is 0 Å². The number of hydrogen-bond acceptors (Lipinski definition) is 2. The Morgan fingerprint density at radius 1 is 1.55 bits per heavy atom. The number of rotatable bonds is 4. The van der Waals surface area contributed by atoms with Crippen molar-refractivity contribution in [1.82, 2.24) is 0 Å². The molecule has 0 saturated heterocycles. The van der Waals surface area contributed by atoms with E-state index in [1.54, 1.807) is 0 Å². The van der Waals surface area contributed by atoms with Crippen LogP contribution in [0.2, 0.25) is 0 Å². The van der Waals surface area contributed by atoms with Crippen molar-refractivity contribution in [3.05, 3.63) is 0 Å². The van der Waals surface area contributed by atoms with E-state index in [1.165, 1.54) is 25.7 Å². The lowest BCUT2D eigenvalue weighted by atomic mass is 9.62. The summed E-state index contributed by atoms with van der Waals surface area (Å²) in [5, 5.41) is 8.74. The van der Waals surface area contributed by atoms with Gasteiger partial charge in [0.25, 0.3) is 0 Å². The van der Waals surface area contributed by atoms with Gasteiger partial charge in [-0.2, -0.15) is 0 Å². The van der Waals surface area contributed by atoms with Crippen LogP contribution in [0.25, 0.3) is 0 Å². The summed E-state index contributed by atoms with van der Waals surface area (Å²) in [6, 6.07) is 0.228. The molecule has 11 heavy (non-hydrogen) atoms. The smallest absolute Gasteiger partial charge is 0.0445 e. The molecule has 1 aliphatic carbocycles. The molecular weight excluding hydrogens is 138 g/mol. The van der Waals surface area contributed by atoms with Crippen LogP contribution < -0.4 is 5.73 Å². The van der Waals surface area contributed by atoms with Gasteiger partial charge >= 0.3 is 0 Å². The minimum Gasteiger partial charge on any atom is -0.396 e. The number of aliphatic hydroxyl groups is 1.